The zero-order chi connectivity index (χ0) is 43.9. The van der Waals surface area contributed by atoms with Crippen LogP contribution in [0.2, 0.25) is 5.04 Å². The summed E-state index contributed by atoms with van der Waals surface area (Å²) in [7, 11) is -2.97. The first-order chi connectivity index (χ1) is 28.3. The highest BCUT2D eigenvalue weighted by atomic mass is 28.4. The lowest BCUT2D eigenvalue weighted by Crippen LogP contribution is -2.68. The molecule has 0 aromatic heterocycles. The highest BCUT2D eigenvalue weighted by molar-refractivity contribution is 6.99. The summed E-state index contributed by atoms with van der Waals surface area (Å²) >= 11 is 0. The Hall–Kier alpha value is -5.08. The van der Waals surface area contributed by atoms with E-state index >= 15 is 0 Å². The Morgan fingerprint density at radius 1 is 0.883 bits per heavy atom. The van der Waals surface area contributed by atoms with Gasteiger partial charge in [0, 0.05) is 19.4 Å². The number of halogens is 3. The van der Waals surface area contributed by atoms with Crippen molar-refractivity contribution >= 4 is 48.1 Å². The lowest BCUT2D eigenvalue weighted by atomic mass is 9.94. The second-order valence-corrected chi connectivity index (χ2v) is 21.2. The van der Waals surface area contributed by atoms with Crippen LogP contribution in [0, 0.1) is 0 Å². The van der Waals surface area contributed by atoms with Crippen molar-refractivity contribution in [3.63, 3.8) is 0 Å². The minimum absolute atomic E-state index is 0.0868. The Bertz CT molecular complexity index is 1980. The Labute approximate surface area is 351 Å². The molecule has 60 heavy (non-hydrogen) atoms. The van der Waals surface area contributed by atoms with E-state index in [0.717, 1.165) is 22.5 Å². The van der Waals surface area contributed by atoms with Gasteiger partial charge in [0.1, 0.15) is 29.8 Å². The van der Waals surface area contributed by atoms with Crippen molar-refractivity contribution < 1.29 is 41.6 Å². The fraction of sp³-hybridized carbons (Fsp3) is 0.457. The number of nitrogens with one attached hydrogen (secondary N) is 3. The minimum atomic E-state index is -4.54. The van der Waals surface area contributed by atoms with Crippen LogP contribution in [-0.4, -0.2) is 78.9 Å². The topological polar surface area (TPSA) is 134 Å². The molecule has 0 saturated carbocycles. The van der Waals surface area contributed by atoms with Crippen molar-refractivity contribution in [3.8, 4) is 0 Å². The summed E-state index contributed by atoms with van der Waals surface area (Å²) < 4.78 is 46.7. The van der Waals surface area contributed by atoms with Crippen molar-refractivity contribution in [1.82, 2.24) is 20.9 Å². The summed E-state index contributed by atoms with van der Waals surface area (Å²) in [6.07, 6.45) is -0.349. The van der Waals surface area contributed by atoms with E-state index in [1.54, 1.807) is 26.0 Å². The fourth-order valence-electron chi connectivity index (χ4n) is 8.06. The molecule has 5 atom stereocenters. The van der Waals surface area contributed by atoms with Crippen LogP contribution in [0.4, 0.5) is 13.2 Å². The predicted molar refractivity (Wildman–Crippen MR) is 227 cm³/mol. The molecule has 0 bridgehead atoms. The standard InChI is InChI=1S/C46H57F3N4O6Si/c1-7-45(6)43(58)51-37(30-32-25-27-33(28-26-32)46(47,48)49)42(57)53-29-17-23-38(53)41(56)50-36(40(55)52-45)22-15-10-16-24-39(54)31(2)59-60(44(3,4)5,34-18-11-8-12-19-34)35-20-13-9-14-21-35/h8-14,16,18-21,25-28,31,36-38H,7,15,17,22-24,29-30H2,1-6H3,(H,50,56)(H,51,58)(H,52,55)/t31-,36+,37?,38-,45+/m1/s1. The van der Waals surface area contributed by atoms with E-state index in [1.807, 2.05) is 36.4 Å². The number of fused-ring (bicyclic) bond motifs is 1. The van der Waals surface area contributed by atoms with Crippen molar-refractivity contribution in [1.29, 1.82) is 0 Å². The van der Waals surface area contributed by atoms with Crippen molar-refractivity contribution in [2.45, 2.75) is 127 Å². The Kier molecular flexibility index (Phi) is 14.6. The number of hydrogen-bond acceptors (Lipinski definition) is 6. The van der Waals surface area contributed by atoms with Crippen LogP contribution in [0.25, 0.3) is 0 Å². The average Bonchev–Trinajstić information content (AvgIpc) is 3.71. The summed E-state index contributed by atoms with van der Waals surface area (Å²) in [5, 5.41) is 10.2. The molecule has 3 aromatic carbocycles. The van der Waals surface area contributed by atoms with Crippen molar-refractivity contribution in [3.05, 3.63) is 108 Å². The van der Waals surface area contributed by atoms with E-state index in [9.17, 15) is 37.1 Å². The van der Waals surface area contributed by atoms with Gasteiger partial charge in [0.2, 0.25) is 23.6 Å². The SMILES string of the molecule is CC[C@]1(C)NC(=O)[C@H](CCC=CCC(=O)[C@@H](C)O[Si](c2ccccc2)(c2ccccc2)C(C)(C)C)NC(=O)[C@H]2CCCN2C(=O)C(Cc2ccc(C(F)(F)F)cc2)NC1=O. The van der Waals surface area contributed by atoms with Crippen LogP contribution in [0.1, 0.15) is 91.2 Å². The number of carbonyl (C=O) groups is 5. The lowest BCUT2D eigenvalue weighted by molar-refractivity contribution is -0.144. The number of Topliss-reactive ketones (excluding diaryl/α,β-unsaturated/α-hetero) is 1. The Balaban J connectivity index is 1.29. The molecule has 2 aliphatic rings. The Morgan fingerprint density at radius 3 is 2.03 bits per heavy atom. The molecule has 3 aromatic rings. The van der Waals surface area contributed by atoms with Crippen LogP contribution in [0.15, 0.2) is 97.1 Å². The molecule has 2 fully saturated rings. The lowest BCUT2D eigenvalue weighted by Gasteiger charge is -2.44. The number of allylic oxidation sites excluding steroid dienone is 2. The van der Waals surface area contributed by atoms with E-state index in [-0.39, 0.29) is 43.0 Å². The summed E-state index contributed by atoms with van der Waals surface area (Å²) in [6, 6.07) is 21.3. The number of rotatable bonds is 13. The van der Waals surface area contributed by atoms with Gasteiger partial charge in [-0.2, -0.15) is 13.2 Å². The zero-order valence-corrected chi connectivity index (χ0v) is 36.2. The molecule has 322 valence electrons. The highest BCUT2D eigenvalue weighted by Gasteiger charge is 2.51. The van der Waals surface area contributed by atoms with Crippen LogP contribution in [-0.2, 0) is 41.0 Å². The number of nitrogens with zero attached hydrogens (tertiary/aromatic N) is 1. The maximum Gasteiger partial charge on any atom is 0.416 e. The van der Waals surface area contributed by atoms with E-state index in [4.69, 9.17) is 4.43 Å². The van der Waals surface area contributed by atoms with Crippen LogP contribution in [0.5, 0.6) is 0 Å². The number of benzene rings is 3. The zero-order valence-electron chi connectivity index (χ0n) is 35.2. The van der Waals surface area contributed by atoms with Gasteiger partial charge >= 0.3 is 6.18 Å². The highest BCUT2D eigenvalue weighted by Crippen LogP contribution is 2.38. The van der Waals surface area contributed by atoms with Gasteiger partial charge in [0.15, 0.2) is 5.78 Å². The maximum atomic E-state index is 14.0. The molecule has 2 heterocycles. The number of hydrogen-bond donors (Lipinski definition) is 3. The number of alkyl halides is 3. The average molecular weight is 847 g/mol. The second kappa shape index (κ2) is 19.1. The maximum absolute atomic E-state index is 14.0. The number of ketones is 1. The first kappa shape index (κ1) is 46.0. The summed E-state index contributed by atoms with van der Waals surface area (Å²) in [4.78, 5) is 70.6. The smallest absolute Gasteiger partial charge is 0.398 e. The molecular formula is C46H57F3N4O6Si. The normalized spacial score (nSPS) is 22.6. The molecule has 0 aliphatic carbocycles. The number of carbonyl (C=O) groups excluding carboxylic acids is 5. The number of amides is 4. The van der Waals surface area contributed by atoms with Gasteiger partial charge < -0.3 is 25.3 Å². The molecule has 1 unspecified atom stereocenters. The molecule has 5 rings (SSSR count). The summed E-state index contributed by atoms with van der Waals surface area (Å²) in [5.41, 5.74) is -1.96. The van der Waals surface area contributed by atoms with Gasteiger partial charge in [0.25, 0.3) is 8.32 Å². The minimum Gasteiger partial charge on any atom is -0.398 e. The third-order valence-electron chi connectivity index (χ3n) is 11.7. The van der Waals surface area contributed by atoms with E-state index in [1.165, 1.54) is 24.0 Å². The van der Waals surface area contributed by atoms with Crippen molar-refractivity contribution in [2.75, 3.05) is 6.54 Å². The van der Waals surface area contributed by atoms with Gasteiger partial charge in [-0.15, -0.1) is 0 Å². The second-order valence-electron chi connectivity index (χ2n) is 17.0. The first-order valence-corrected chi connectivity index (χ1v) is 22.6. The molecule has 3 N–H and O–H groups in total. The van der Waals surface area contributed by atoms with Gasteiger partial charge in [0.05, 0.1) is 5.56 Å². The van der Waals surface area contributed by atoms with Gasteiger partial charge in [-0.05, 0) is 79.1 Å². The molecule has 14 heteroatoms. The molecule has 2 saturated heterocycles. The monoisotopic (exact) mass is 846 g/mol. The van der Waals surface area contributed by atoms with Crippen LogP contribution in [0.3, 0.4) is 0 Å². The van der Waals surface area contributed by atoms with Gasteiger partial charge in [-0.1, -0.05) is 113 Å². The van der Waals surface area contributed by atoms with Gasteiger partial charge in [-0.25, -0.2) is 0 Å². The molecule has 10 nitrogen and oxygen atoms in total. The predicted octanol–water partition coefficient (Wildman–Crippen LogP) is 5.77. The van der Waals surface area contributed by atoms with E-state index < -0.39 is 73.5 Å². The quantitative estimate of drug-likeness (QED) is 0.148. The summed E-state index contributed by atoms with van der Waals surface area (Å²) in [6.45, 7) is 11.7. The molecular weight excluding hydrogens is 790 g/mol. The molecule has 4 amide bonds. The van der Waals surface area contributed by atoms with E-state index in [0.29, 0.717) is 24.8 Å². The van der Waals surface area contributed by atoms with Gasteiger partial charge in [-0.3, -0.25) is 24.0 Å². The van der Waals surface area contributed by atoms with Crippen LogP contribution < -0.4 is 26.3 Å². The molecule has 2 aliphatic heterocycles. The largest absolute Gasteiger partial charge is 0.416 e. The van der Waals surface area contributed by atoms with Crippen molar-refractivity contribution in [2.24, 2.45) is 0 Å². The summed E-state index contributed by atoms with van der Waals surface area (Å²) in [5.74, 6) is -2.40. The molecule has 0 spiro atoms. The fourth-order valence-corrected chi connectivity index (χ4v) is 12.7. The third kappa shape index (κ3) is 10.4. The third-order valence-corrected chi connectivity index (χ3v) is 16.8. The Morgan fingerprint density at radius 2 is 1.48 bits per heavy atom. The molecule has 0 radical (unpaired) electrons. The van der Waals surface area contributed by atoms with Crippen LogP contribution >= 0.6 is 0 Å². The first-order valence-electron chi connectivity index (χ1n) is 20.7. The van der Waals surface area contributed by atoms with E-state index in [2.05, 4.69) is 61.0 Å².